The third kappa shape index (κ3) is 6.57. The van der Waals surface area contributed by atoms with E-state index in [1.54, 1.807) is 53.0 Å². The Labute approximate surface area is 239 Å². The van der Waals surface area contributed by atoms with Crippen LogP contribution in [-0.2, 0) is 22.8 Å². The van der Waals surface area contributed by atoms with Crippen LogP contribution in [0.3, 0.4) is 0 Å². The van der Waals surface area contributed by atoms with Gasteiger partial charge in [0.25, 0.3) is 5.56 Å². The highest BCUT2D eigenvalue weighted by atomic mass is 32.2. The van der Waals surface area contributed by atoms with Gasteiger partial charge in [0, 0.05) is 60.3 Å². The van der Waals surface area contributed by atoms with E-state index in [-0.39, 0.29) is 23.2 Å². The largest absolute Gasteiger partial charge is 0.351 e. The lowest BCUT2D eigenvalue weighted by atomic mass is 9.91. The molecule has 0 amide bonds. The van der Waals surface area contributed by atoms with Crippen LogP contribution in [0.4, 0.5) is 11.8 Å². The summed E-state index contributed by atoms with van der Waals surface area (Å²) in [4.78, 5) is 29.6. The van der Waals surface area contributed by atoms with E-state index in [1.165, 1.54) is 6.20 Å². The van der Waals surface area contributed by atoms with Gasteiger partial charge >= 0.3 is 0 Å². The third-order valence-corrected chi connectivity index (χ3v) is 8.69. The van der Waals surface area contributed by atoms with Crippen molar-refractivity contribution in [3.63, 3.8) is 0 Å². The molecule has 0 aliphatic heterocycles. The van der Waals surface area contributed by atoms with Crippen LogP contribution in [-0.4, -0.2) is 68.8 Å². The lowest BCUT2D eigenvalue weighted by molar-refractivity contribution is 0.221. The Hall–Kier alpha value is -3.84. The van der Waals surface area contributed by atoms with Gasteiger partial charge in [-0.2, -0.15) is 10.1 Å². The number of sulfonamides is 1. The number of nitrogens with one attached hydrogen (secondary N) is 2. The van der Waals surface area contributed by atoms with Crippen molar-refractivity contribution < 1.29 is 8.42 Å². The molecule has 0 radical (unpaired) electrons. The number of hydrogen-bond acceptors (Lipinski definition) is 9. The number of pyridine rings is 2. The fraction of sp³-hybridized carbons (Fsp3) is 0.464. The molecule has 0 saturated heterocycles. The van der Waals surface area contributed by atoms with Crippen molar-refractivity contribution in [1.29, 1.82) is 0 Å². The number of anilines is 2. The first-order valence-corrected chi connectivity index (χ1v) is 15.4. The number of aryl methyl sites for hydroxylation is 1. The predicted octanol–water partition coefficient (Wildman–Crippen LogP) is 3.39. The third-order valence-electron chi connectivity index (χ3n) is 7.49. The van der Waals surface area contributed by atoms with Crippen LogP contribution in [0.15, 0.2) is 47.7 Å². The van der Waals surface area contributed by atoms with Gasteiger partial charge in [0.05, 0.1) is 5.69 Å². The highest BCUT2D eigenvalue weighted by Gasteiger charge is 2.23. The molecule has 0 unspecified atom stereocenters. The topological polar surface area (TPSA) is 140 Å². The van der Waals surface area contributed by atoms with Crippen LogP contribution in [0.25, 0.3) is 22.2 Å². The predicted molar refractivity (Wildman–Crippen MR) is 160 cm³/mol. The molecule has 0 spiro atoms. The van der Waals surface area contributed by atoms with Crippen LogP contribution in [0.1, 0.15) is 51.3 Å². The van der Waals surface area contributed by atoms with E-state index >= 15 is 0 Å². The Morgan fingerprint density at radius 2 is 1.83 bits per heavy atom. The van der Waals surface area contributed by atoms with Crippen LogP contribution in [0.5, 0.6) is 0 Å². The first-order valence-electron chi connectivity index (χ1n) is 13.8. The van der Waals surface area contributed by atoms with Crippen LogP contribution in [0.2, 0.25) is 0 Å². The van der Waals surface area contributed by atoms with Gasteiger partial charge in [0.2, 0.25) is 16.0 Å². The SMILES string of the molecule is CC(C)n1c(=O)c(-c2ccc(NS(=O)(=O)Cc3ccn(C)n3)nc2)cc2cnc(NC3CCC(N(C)C)CC3)nc21. The number of hydrogen-bond donors (Lipinski definition) is 2. The zero-order valence-corrected chi connectivity index (χ0v) is 24.9. The summed E-state index contributed by atoms with van der Waals surface area (Å²) < 4.78 is 30.8. The molecular weight excluding hydrogens is 542 g/mol. The fourth-order valence-electron chi connectivity index (χ4n) is 5.34. The highest BCUT2D eigenvalue weighted by molar-refractivity contribution is 7.91. The molecule has 12 nitrogen and oxygen atoms in total. The number of nitrogens with zero attached hydrogens (tertiary/aromatic N) is 7. The van der Waals surface area contributed by atoms with Crippen molar-refractivity contribution in [3.8, 4) is 11.1 Å². The normalized spacial score (nSPS) is 17.8. The van der Waals surface area contributed by atoms with Gasteiger partial charge in [-0.1, -0.05) is 0 Å². The van der Waals surface area contributed by atoms with Gasteiger partial charge in [0.15, 0.2) is 0 Å². The second-order valence-corrected chi connectivity index (χ2v) is 12.9. The minimum Gasteiger partial charge on any atom is -0.351 e. The summed E-state index contributed by atoms with van der Waals surface area (Å²) in [6, 6.07) is 7.40. The first kappa shape index (κ1) is 28.7. The summed E-state index contributed by atoms with van der Waals surface area (Å²) >= 11 is 0. The molecule has 0 bridgehead atoms. The van der Waals surface area contributed by atoms with Crippen molar-refractivity contribution in [2.45, 2.75) is 63.4 Å². The van der Waals surface area contributed by atoms with Gasteiger partial charge in [-0.05, 0) is 77.9 Å². The maximum atomic E-state index is 13.7. The van der Waals surface area contributed by atoms with Crippen molar-refractivity contribution in [2.24, 2.45) is 7.05 Å². The average Bonchev–Trinajstić information content (AvgIpc) is 3.32. The number of rotatable bonds is 9. The number of fused-ring (bicyclic) bond motifs is 1. The molecule has 4 aromatic rings. The van der Waals surface area contributed by atoms with E-state index in [9.17, 15) is 13.2 Å². The smallest absolute Gasteiger partial charge is 0.260 e. The molecule has 1 fully saturated rings. The Bertz CT molecular complexity index is 1690. The van der Waals surface area contributed by atoms with Crippen molar-refractivity contribution >= 4 is 32.8 Å². The molecule has 1 aliphatic carbocycles. The van der Waals surface area contributed by atoms with Crippen molar-refractivity contribution in [3.05, 3.63) is 58.9 Å². The molecule has 0 aromatic carbocycles. The molecule has 1 saturated carbocycles. The summed E-state index contributed by atoms with van der Waals surface area (Å²) in [5, 5.41) is 8.33. The summed E-state index contributed by atoms with van der Waals surface area (Å²) in [5.41, 5.74) is 1.81. The minimum absolute atomic E-state index is 0.145. The Morgan fingerprint density at radius 1 is 1.07 bits per heavy atom. The standard InChI is InChI=1S/C28H37N9O3S/c1-18(2)37-26-20(16-30-28(32-26)31-21-7-9-23(10-8-21)35(3)4)14-24(27(37)38)19-6-11-25(29-15-19)34-41(39,40)17-22-12-13-36(5)33-22/h6,11-16,18,21,23H,7-10,17H2,1-5H3,(H,29,34)(H,30,31,32). The fourth-order valence-corrected chi connectivity index (χ4v) is 6.39. The summed E-state index contributed by atoms with van der Waals surface area (Å²) in [6.07, 6.45) is 9.25. The maximum Gasteiger partial charge on any atom is 0.260 e. The van der Waals surface area contributed by atoms with E-state index in [4.69, 9.17) is 4.98 Å². The molecule has 1 aliphatic rings. The number of aromatic nitrogens is 6. The second-order valence-electron chi connectivity index (χ2n) is 11.2. The van der Waals surface area contributed by atoms with Crippen LogP contribution < -0.4 is 15.6 Å². The quantitative estimate of drug-likeness (QED) is 0.305. The first-order chi connectivity index (χ1) is 19.5. The van der Waals surface area contributed by atoms with E-state index < -0.39 is 10.0 Å². The molecule has 218 valence electrons. The maximum absolute atomic E-state index is 13.7. The molecule has 13 heteroatoms. The summed E-state index contributed by atoms with van der Waals surface area (Å²) in [7, 11) is 2.27. The molecule has 0 atom stereocenters. The summed E-state index contributed by atoms with van der Waals surface area (Å²) in [5.74, 6) is 0.416. The average molecular weight is 580 g/mol. The molecule has 4 aromatic heterocycles. The second kappa shape index (κ2) is 11.6. The van der Waals surface area contributed by atoms with Gasteiger partial charge < -0.3 is 10.2 Å². The zero-order chi connectivity index (χ0) is 29.3. The molecule has 41 heavy (non-hydrogen) atoms. The minimum atomic E-state index is -3.71. The summed E-state index contributed by atoms with van der Waals surface area (Å²) in [6.45, 7) is 3.89. The van der Waals surface area contributed by atoms with E-state index in [2.05, 4.69) is 44.1 Å². The van der Waals surface area contributed by atoms with Crippen LogP contribution in [0, 0.1) is 0 Å². The Balaban J connectivity index is 1.37. The van der Waals surface area contributed by atoms with Gasteiger partial charge in [-0.3, -0.25) is 18.8 Å². The van der Waals surface area contributed by atoms with E-state index in [0.717, 1.165) is 31.1 Å². The monoisotopic (exact) mass is 579 g/mol. The van der Waals surface area contributed by atoms with Crippen LogP contribution >= 0.6 is 0 Å². The Morgan fingerprint density at radius 3 is 2.44 bits per heavy atom. The zero-order valence-electron chi connectivity index (χ0n) is 24.1. The lowest BCUT2D eigenvalue weighted by Crippen LogP contribution is -2.36. The van der Waals surface area contributed by atoms with E-state index in [0.29, 0.717) is 40.5 Å². The molecular formula is C28H37N9O3S. The molecule has 4 heterocycles. The molecule has 2 N–H and O–H groups in total. The van der Waals surface area contributed by atoms with E-state index in [1.807, 2.05) is 13.8 Å². The highest BCUT2D eigenvalue weighted by Crippen LogP contribution is 2.26. The van der Waals surface area contributed by atoms with Gasteiger partial charge in [0.1, 0.15) is 17.2 Å². The molecule has 5 rings (SSSR count). The lowest BCUT2D eigenvalue weighted by Gasteiger charge is -2.33. The van der Waals surface area contributed by atoms with Crippen molar-refractivity contribution in [1.82, 2.24) is 34.2 Å². The van der Waals surface area contributed by atoms with Gasteiger partial charge in [-0.25, -0.2) is 18.4 Å². The van der Waals surface area contributed by atoms with Crippen molar-refractivity contribution in [2.75, 3.05) is 24.1 Å². The Kier molecular flexibility index (Phi) is 8.09. The van der Waals surface area contributed by atoms with Gasteiger partial charge in [-0.15, -0.1) is 0 Å².